The number of hydrogen-bond donors (Lipinski definition) is 0. The molecule has 0 aromatic rings. The van der Waals surface area contributed by atoms with Crippen LogP contribution in [0.2, 0.25) is 0 Å². The van der Waals surface area contributed by atoms with Crippen LogP contribution in [0.3, 0.4) is 0 Å². The molecule has 0 aromatic carbocycles. The van der Waals surface area contributed by atoms with Crippen molar-refractivity contribution >= 4 is 23.8 Å². The third kappa shape index (κ3) is 6.64. The lowest BCUT2D eigenvalue weighted by Crippen LogP contribution is -2.30. The molecule has 28 heavy (non-hydrogen) atoms. The lowest BCUT2D eigenvalue weighted by atomic mass is 9.99. The van der Waals surface area contributed by atoms with Crippen molar-refractivity contribution in [1.82, 2.24) is 0 Å². The van der Waals surface area contributed by atoms with E-state index in [0.717, 1.165) is 39.1 Å². The molecule has 3 heteroatoms. The summed E-state index contributed by atoms with van der Waals surface area (Å²) in [5, 5.41) is 1.12. The molecule has 0 unspecified atom stereocenters. The molecule has 2 rings (SSSR count). The van der Waals surface area contributed by atoms with Crippen molar-refractivity contribution in [2.45, 2.75) is 159 Å². The summed E-state index contributed by atoms with van der Waals surface area (Å²) < 4.78 is 0. The molecule has 0 aliphatic heterocycles. The molecular weight excluding hydrogens is 393 g/mol. The minimum Gasteiger partial charge on any atom is -0.0893 e. The van der Waals surface area contributed by atoms with Gasteiger partial charge in [0.25, 0.3) is 0 Å². The fourth-order valence-corrected chi connectivity index (χ4v) is 26.3. The molecular formula is C25H51P3. The summed E-state index contributed by atoms with van der Waals surface area (Å²) in [7, 11) is 0.433. The van der Waals surface area contributed by atoms with Gasteiger partial charge in [-0.2, -0.15) is 0 Å². The number of rotatable bonds is 9. The van der Waals surface area contributed by atoms with Gasteiger partial charge in [-0.25, -0.2) is 0 Å². The minimum atomic E-state index is 0.122. The smallest absolute Gasteiger partial charge is 0.0208 e. The molecule has 0 heterocycles. The Morgan fingerprint density at radius 2 is 0.750 bits per heavy atom. The predicted octanol–water partition coefficient (Wildman–Crippen LogP) is 10.0. The van der Waals surface area contributed by atoms with Crippen molar-refractivity contribution in [1.29, 1.82) is 0 Å². The van der Waals surface area contributed by atoms with Gasteiger partial charge in [-0.15, -0.1) is 0 Å². The van der Waals surface area contributed by atoms with Crippen molar-refractivity contribution < 1.29 is 0 Å². The normalized spacial score (nSPS) is 21.0. The van der Waals surface area contributed by atoms with Crippen LogP contribution in [-0.4, -0.2) is 39.1 Å². The second kappa shape index (κ2) is 12.4. The van der Waals surface area contributed by atoms with Crippen molar-refractivity contribution in [3.63, 3.8) is 0 Å². The van der Waals surface area contributed by atoms with E-state index in [9.17, 15) is 0 Å². The fraction of sp³-hybridized carbons (Fsp3) is 1.00. The first-order chi connectivity index (χ1) is 13.3. The maximum absolute atomic E-state index is 2.59. The topological polar surface area (TPSA) is 0 Å². The molecule has 0 saturated heterocycles. The zero-order valence-electron chi connectivity index (χ0n) is 20.5. The molecule has 0 aromatic heterocycles. The average Bonchev–Trinajstić information content (AvgIpc) is 2.62. The maximum atomic E-state index is 2.59. The van der Waals surface area contributed by atoms with Crippen molar-refractivity contribution in [3.05, 3.63) is 0 Å². The van der Waals surface area contributed by atoms with Crippen LogP contribution >= 0.6 is 23.8 Å². The summed E-state index contributed by atoms with van der Waals surface area (Å²) in [4.78, 5) is 0. The number of hydrogen-bond acceptors (Lipinski definition) is 0. The van der Waals surface area contributed by atoms with Crippen LogP contribution in [0, 0.1) is 0 Å². The molecule has 2 aliphatic carbocycles. The van der Waals surface area contributed by atoms with Crippen LogP contribution in [0.4, 0.5) is 0 Å². The SMILES string of the molecule is CC(C)P(C(C)C)C(P(C(C)C)C(C)C)P(C1CCCCC1)C1CCCCC1. The fourth-order valence-electron chi connectivity index (χ4n) is 6.15. The van der Waals surface area contributed by atoms with E-state index in [0.29, 0.717) is 0 Å². The Morgan fingerprint density at radius 1 is 0.464 bits per heavy atom. The highest BCUT2D eigenvalue weighted by Crippen LogP contribution is 2.80. The van der Waals surface area contributed by atoms with Gasteiger partial charge in [0.2, 0.25) is 0 Å². The van der Waals surface area contributed by atoms with Gasteiger partial charge in [0, 0.05) is 5.14 Å². The summed E-state index contributed by atoms with van der Waals surface area (Å²) in [6, 6.07) is 0. The Morgan fingerprint density at radius 3 is 1.00 bits per heavy atom. The highest BCUT2D eigenvalue weighted by atomic mass is 31.2. The lowest BCUT2D eigenvalue weighted by Gasteiger charge is -2.52. The molecule has 0 bridgehead atoms. The molecule has 166 valence electrons. The van der Waals surface area contributed by atoms with Crippen LogP contribution in [0.15, 0.2) is 0 Å². The largest absolute Gasteiger partial charge is 0.0893 e. The lowest BCUT2D eigenvalue weighted by molar-refractivity contribution is 0.484. The van der Waals surface area contributed by atoms with E-state index in [1.54, 1.807) is 25.7 Å². The van der Waals surface area contributed by atoms with Crippen molar-refractivity contribution in [2.24, 2.45) is 0 Å². The zero-order valence-corrected chi connectivity index (χ0v) is 23.1. The van der Waals surface area contributed by atoms with E-state index in [2.05, 4.69) is 55.4 Å². The highest BCUT2D eigenvalue weighted by Gasteiger charge is 2.46. The molecule has 0 atom stereocenters. The molecule has 0 amide bonds. The van der Waals surface area contributed by atoms with Gasteiger partial charge in [-0.3, -0.25) is 0 Å². The van der Waals surface area contributed by atoms with E-state index in [-0.39, 0.29) is 23.8 Å². The Hall–Kier alpha value is 1.29. The third-order valence-electron chi connectivity index (χ3n) is 7.18. The average molecular weight is 445 g/mol. The summed E-state index contributed by atoms with van der Waals surface area (Å²) >= 11 is 0. The van der Waals surface area contributed by atoms with Gasteiger partial charge in [0.15, 0.2) is 0 Å². The first-order valence-electron chi connectivity index (χ1n) is 12.6. The molecule has 0 nitrogen and oxygen atoms in total. The quantitative estimate of drug-likeness (QED) is 0.310. The van der Waals surface area contributed by atoms with E-state index >= 15 is 0 Å². The van der Waals surface area contributed by atoms with Crippen LogP contribution < -0.4 is 0 Å². The monoisotopic (exact) mass is 444 g/mol. The summed E-state index contributed by atoms with van der Waals surface area (Å²) in [6.07, 6.45) is 15.5. The van der Waals surface area contributed by atoms with Crippen molar-refractivity contribution in [2.75, 3.05) is 0 Å². The Labute approximate surface area is 182 Å². The Bertz CT molecular complexity index is 366. The summed E-state index contributed by atoms with van der Waals surface area (Å²) in [6.45, 7) is 20.7. The van der Waals surface area contributed by atoms with E-state index in [1.807, 2.05) is 0 Å². The Balaban J connectivity index is 2.50. The highest BCUT2D eigenvalue weighted by molar-refractivity contribution is 7.92. The molecule has 0 spiro atoms. The molecule has 2 aliphatic rings. The van der Waals surface area contributed by atoms with Crippen LogP contribution in [-0.2, 0) is 0 Å². The second-order valence-corrected chi connectivity index (χ2v) is 21.7. The molecule has 2 fully saturated rings. The molecule has 2 saturated carbocycles. The summed E-state index contributed by atoms with van der Waals surface area (Å²) in [5.41, 5.74) is 5.84. The third-order valence-corrected chi connectivity index (χ3v) is 21.1. The van der Waals surface area contributed by atoms with Gasteiger partial charge in [-0.1, -0.05) is 118 Å². The second-order valence-electron chi connectivity index (χ2n) is 10.6. The van der Waals surface area contributed by atoms with E-state index < -0.39 is 0 Å². The van der Waals surface area contributed by atoms with Crippen LogP contribution in [0.1, 0.15) is 120 Å². The van der Waals surface area contributed by atoms with Gasteiger partial charge in [-0.05, 0) is 59.6 Å². The predicted molar refractivity (Wildman–Crippen MR) is 139 cm³/mol. The zero-order chi connectivity index (χ0) is 20.8. The molecule has 0 radical (unpaired) electrons. The van der Waals surface area contributed by atoms with Crippen LogP contribution in [0.25, 0.3) is 0 Å². The van der Waals surface area contributed by atoms with E-state index in [1.165, 1.54) is 38.5 Å². The first kappa shape index (κ1) is 25.5. The van der Waals surface area contributed by atoms with Gasteiger partial charge >= 0.3 is 0 Å². The van der Waals surface area contributed by atoms with Gasteiger partial charge in [0.1, 0.15) is 0 Å². The standard InChI is InChI=1S/C25H51P3/c1-19(2)26(20(3)4)25(27(21(5)6)22(7)8)28(23-15-11-9-12-16-23)24-17-13-10-14-18-24/h19-25H,9-18H2,1-8H3. The maximum Gasteiger partial charge on any atom is 0.0208 e. The van der Waals surface area contributed by atoms with Gasteiger partial charge in [0.05, 0.1) is 0 Å². The van der Waals surface area contributed by atoms with Crippen LogP contribution in [0.5, 0.6) is 0 Å². The summed E-state index contributed by atoms with van der Waals surface area (Å²) in [5.74, 6) is 0. The Kier molecular flexibility index (Phi) is 11.3. The van der Waals surface area contributed by atoms with E-state index in [4.69, 9.17) is 0 Å². The van der Waals surface area contributed by atoms with Gasteiger partial charge < -0.3 is 0 Å². The minimum absolute atomic E-state index is 0.122. The van der Waals surface area contributed by atoms with Crippen molar-refractivity contribution in [3.8, 4) is 0 Å². The molecule has 0 N–H and O–H groups in total. The first-order valence-corrected chi connectivity index (χ1v) is 17.2.